The van der Waals surface area contributed by atoms with Crippen LogP contribution in [0.4, 0.5) is 0 Å². The molecule has 0 aliphatic heterocycles. The van der Waals surface area contributed by atoms with Crippen LogP contribution in [0, 0.1) is 27.7 Å². The summed E-state index contributed by atoms with van der Waals surface area (Å²) in [6.45, 7) is 11.3. The zero-order valence-electron chi connectivity index (χ0n) is 28.5. The highest BCUT2D eigenvalue weighted by Crippen LogP contribution is 2.59. The lowest BCUT2D eigenvalue weighted by Gasteiger charge is -2.34. The van der Waals surface area contributed by atoms with Crippen molar-refractivity contribution in [1.82, 2.24) is 0 Å². The van der Waals surface area contributed by atoms with Gasteiger partial charge in [0.25, 0.3) is 0 Å². The van der Waals surface area contributed by atoms with E-state index in [0.29, 0.717) is 0 Å². The van der Waals surface area contributed by atoms with E-state index in [1.165, 1.54) is 94.2 Å². The Balaban J connectivity index is 1.35. The molecule has 0 saturated carbocycles. The number of hydrogen-bond donors (Lipinski definition) is 0. The molecule has 0 radical (unpaired) electrons. The first-order chi connectivity index (χ1) is 23.3. The standard InChI is InChI=1S/C48H40/c1-30-13-20-36(21-14-30)48(37-22-15-31(2)16-23-37)42-12-8-10-35(45(42)41-25-18-33(4)28-44(41)48)29-47(5)43-27-32(3)17-24-39(43)40-26-19-34-9-6-7-11-38(34)46(40)47/h6-28H,29H2,1-5H3. The van der Waals surface area contributed by atoms with Gasteiger partial charge in [0, 0.05) is 5.41 Å². The van der Waals surface area contributed by atoms with E-state index >= 15 is 0 Å². The molecule has 7 aromatic rings. The first-order valence-electron chi connectivity index (χ1n) is 17.3. The fourth-order valence-corrected chi connectivity index (χ4v) is 9.24. The van der Waals surface area contributed by atoms with Gasteiger partial charge in [-0.05, 0) is 106 Å². The average molecular weight is 617 g/mol. The smallest absolute Gasteiger partial charge is 0.0616 e. The van der Waals surface area contributed by atoms with Gasteiger partial charge in [-0.1, -0.05) is 169 Å². The summed E-state index contributed by atoms with van der Waals surface area (Å²) in [5.41, 5.74) is 19.8. The van der Waals surface area contributed by atoms with Gasteiger partial charge in [-0.2, -0.15) is 0 Å². The summed E-state index contributed by atoms with van der Waals surface area (Å²) >= 11 is 0. The summed E-state index contributed by atoms with van der Waals surface area (Å²) < 4.78 is 0. The summed E-state index contributed by atoms with van der Waals surface area (Å²) in [5.74, 6) is 0. The Hall–Kier alpha value is -5.20. The minimum atomic E-state index is -0.413. The predicted octanol–water partition coefficient (Wildman–Crippen LogP) is 12.0. The predicted molar refractivity (Wildman–Crippen MR) is 202 cm³/mol. The van der Waals surface area contributed by atoms with Crippen molar-refractivity contribution in [2.24, 2.45) is 0 Å². The van der Waals surface area contributed by atoms with E-state index in [0.717, 1.165) is 6.42 Å². The number of aryl methyl sites for hydroxylation is 4. The fourth-order valence-electron chi connectivity index (χ4n) is 9.24. The lowest BCUT2D eigenvalue weighted by molar-refractivity contribution is 0.587. The third kappa shape index (κ3) is 3.96. The summed E-state index contributed by atoms with van der Waals surface area (Å²) in [5, 5.41) is 2.67. The lowest BCUT2D eigenvalue weighted by atomic mass is 9.67. The molecule has 9 rings (SSSR count). The maximum atomic E-state index is 2.50. The van der Waals surface area contributed by atoms with Crippen molar-refractivity contribution < 1.29 is 0 Å². The first-order valence-corrected chi connectivity index (χ1v) is 17.3. The monoisotopic (exact) mass is 616 g/mol. The molecule has 2 aliphatic rings. The Morgan fingerprint density at radius 1 is 0.458 bits per heavy atom. The average Bonchev–Trinajstić information content (AvgIpc) is 3.52. The molecule has 2 aliphatic carbocycles. The van der Waals surface area contributed by atoms with Gasteiger partial charge in [0.1, 0.15) is 0 Å². The molecule has 0 aromatic heterocycles. The van der Waals surface area contributed by atoms with Gasteiger partial charge in [-0.15, -0.1) is 0 Å². The summed E-state index contributed by atoms with van der Waals surface area (Å²) in [6.07, 6.45) is 0.916. The summed E-state index contributed by atoms with van der Waals surface area (Å²) in [4.78, 5) is 0. The van der Waals surface area contributed by atoms with Crippen LogP contribution in [0.3, 0.4) is 0 Å². The Labute approximate surface area is 284 Å². The van der Waals surface area contributed by atoms with Crippen LogP contribution >= 0.6 is 0 Å². The molecule has 0 nitrogen and oxygen atoms in total. The van der Waals surface area contributed by atoms with Crippen LogP contribution in [-0.4, -0.2) is 0 Å². The molecular weight excluding hydrogens is 577 g/mol. The number of rotatable bonds is 4. The second kappa shape index (κ2) is 10.4. The molecule has 0 heterocycles. The van der Waals surface area contributed by atoms with Crippen LogP contribution in [0.5, 0.6) is 0 Å². The van der Waals surface area contributed by atoms with Crippen molar-refractivity contribution in [1.29, 1.82) is 0 Å². The van der Waals surface area contributed by atoms with Gasteiger partial charge in [-0.3, -0.25) is 0 Å². The van der Waals surface area contributed by atoms with E-state index in [-0.39, 0.29) is 5.41 Å². The minimum absolute atomic E-state index is 0.198. The van der Waals surface area contributed by atoms with E-state index in [1.54, 1.807) is 0 Å². The normalized spacial score (nSPS) is 16.8. The van der Waals surface area contributed by atoms with Crippen molar-refractivity contribution in [3.05, 3.63) is 201 Å². The van der Waals surface area contributed by atoms with Crippen molar-refractivity contribution >= 4 is 10.8 Å². The maximum Gasteiger partial charge on any atom is 0.0713 e. The van der Waals surface area contributed by atoms with E-state index in [2.05, 4.69) is 174 Å². The molecule has 0 heteroatoms. The zero-order chi connectivity index (χ0) is 32.8. The minimum Gasteiger partial charge on any atom is -0.0616 e. The third-order valence-electron chi connectivity index (χ3n) is 11.5. The molecule has 0 bridgehead atoms. The lowest BCUT2D eigenvalue weighted by Crippen LogP contribution is -2.29. The van der Waals surface area contributed by atoms with Gasteiger partial charge < -0.3 is 0 Å². The van der Waals surface area contributed by atoms with Crippen molar-refractivity contribution in [3.8, 4) is 22.3 Å². The SMILES string of the molecule is Cc1ccc(C2(c3ccc(C)cc3)c3cc(C)ccc3-c3c(CC4(C)c5cc(C)ccc5-c5ccc6ccccc6c54)cccc32)cc1. The van der Waals surface area contributed by atoms with Crippen LogP contribution < -0.4 is 0 Å². The quantitative estimate of drug-likeness (QED) is 0.185. The second-order valence-electron chi connectivity index (χ2n) is 14.6. The molecule has 0 saturated heterocycles. The highest BCUT2D eigenvalue weighted by Gasteiger charge is 2.48. The third-order valence-corrected chi connectivity index (χ3v) is 11.5. The highest BCUT2D eigenvalue weighted by molar-refractivity contribution is 5.98. The van der Waals surface area contributed by atoms with Gasteiger partial charge in [0.05, 0.1) is 5.41 Å². The Bertz CT molecular complexity index is 2360. The molecule has 0 amide bonds. The molecule has 7 aromatic carbocycles. The maximum absolute atomic E-state index is 2.50. The highest BCUT2D eigenvalue weighted by atomic mass is 14.5. The largest absolute Gasteiger partial charge is 0.0713 e. The van der Waals surface area contributed by atoms with Crippen LogP contribution in [0.25, 0.3) is 33.0 Å². The van der Waals surface area contributed by atoms with Crippen LogP contribution in [0.1, 0.15) is 68.1 Å². The molecule has 232 valence electrons. The van der Waals surface area contributed by atoms with Gasteiger partial charge in [-0.25, -0.2) is 0 Å². The van der Waals surface area contributed by atoms with Crippen molar-refractivity contribution in [2.45, 2.75) is 51.9 Å². The zero-order valence-corrected chi connectivity index (χ0v) is 28.5. The number of fused-ring (bicyclic) bond motifs is 8. The Morgan fingerprint density at radius 3 is 1.73 bits per heavy atom. The fraction of sp³-hybridized carbons (Fsp3) is 0.167. The molecule has 0 N–H and O–H groups in total. The van der Waals surface area contributed by atoms with Gasteiger partial charge >= 0.3 is 0 Å². The molecule has 48 heavy (non-hydrogen) atoms. The second-order valence-corrected chi connectivity index (χ2v) is 14.6. The Morgan fingerprint density at radius 2 is 1.04 bits per heavy atom. The van der Waals surface area contributed by atoms with Crippen molar-refractivity contribution in [2.75, 3.05) is 0 Å². The molecular formula is C48H40. The van der Waals surface area contributed by atoms with E-state index in [1.807, 2.05) is 0 Å². The summed E-state index contributed by atoms with van der Waals surface area (Å²) in [7, 11) is 0. The van der Waals surface area contributed by atoms with Crippen molar-refractivity contribution in [3.63, 3.8) is 0 Å². The first kappa shape index (κ1) is 29.0. The van der Waals surface area contributed by atoms with Gasteiger partial charge in [0.15, 0.2) is 0 Å². The van der Waals surface area contributed by atoms with Crippen LogP contribution in [0.15, 0.2) is 140 Å². The Kier molecular flexibility index (Phi) is 6.28. The molecule has 0 fully saturated rings. The topological polar surface area (TPSA) is 0 Å². The van der Waals surface area contributed by atoms with E-state index in [9.17, 15) is 0 Å². The van der Waals surface area contributed by atoms with E-state index < -0.39 is 5.41 Å². The van der Waals surface area contributed by atoms with Gasteiger partial charge in [0.2, 0.25) is 0 Å². The molecule has 0 spiro atoms. The molecule has 1 unspecified atom stereocenters. The van der Waals surface area contributed by atoms with Crippen LogP contribution in [0.2, 0.25) is 0 Å². The number of hydrogen-bond acceptors (Lipinski definition) is 0. The van der Waals surface area contributed by atoms with E-state index in [4.69, 9.17) is 0 Å². The summed E-state index contributed by atoms with van der Waals surface area (Å²) in [6, 6.07) is 53.6. The number of benzene rings is 7. The van der Waals surface area contributed by atoms with Crippen LogP contribution in [-0.2, 0) is 17.3 Å². The molecule has 1 atom stereocenters.